The third-order valence-electron chi connectivity index (χ3n) is 4.65. The normalized spacial score (nSPS) is 23.9. The highest BCUT2D eigenvalue weighted by atomic mass is 16.5. The summed E-state index contributed by atoms with van der Waals surface area (Å²) in [4.78, 5) is 17.0. The van der Waals surface area contributed by atoms with E-state index in [9.17, 15) is 4.79 Å². The Kier molecular flexibility index (Phi) is 6.26. The van der Waals surface area contributed by atoms with Crippen LogP contribution in [0.1, 0.15) is 32.6 Å². The van der Waals surface area contributed by atoms with Crippen LogP contribution in [0.15, 0.2) is 0 Å². The highest BCUT2D eigenvalue weighted by molar-refractivity contribution is 5.81. The monoisotopic (exact) mass is 283 g/mol. The van der Waals surface area contributed by atoms with E-state index in [2.05, 4.69) is 15.1 Å². The van der Waals surface area contributed by atoms with Crippen LogP contribution in [-0.4, -0.2) is 74.2 Å². The summed E-state index contributed by atoms with van der Waals surface area (Å²) in [6.07, 6.45) is 4.83. The van der Waals surface area contributed by atoms with Crippen molar-refractivity contribution >= 4 is 5.91 Å². The zero-order valence-electron chi connectivity index (χ0n) is 12.9. The predicted molar refractivity (Wildman–Crippen MR) is 79.7 cm³/mol. The van der Waals surface area contributed by atoms with Gasteiger partial charge in [-0.3, -0.25) is 14.6 Å². The second-order valence-corrected chi connectivity index (χ2v) is 6.04. The molecule has 1 atom stereocenters. The summed E-state index contributed by atoms with van der Waals surface area (Å²) in [5.74, 6) is 0.210. The molecule has 1 unspecified atom stereocenters. The molecule has 20 heavy (non-hydrogen) atoms. The standard InChI is InChI=1S/C15H29N3O2/c1-13(15(19)16-14-5-3-4-6-14)18-9-7-17(8-10-18)11-12-20-2/h13-14H,3-12H2,1-2H3,(H,16,19). The van der Waals surface area contributed by atoms with Crippen LogP contribution in [0.5, 0.6) is 0 Å². The minimum atomic E-state index is 0.000162. The van der Waals surface area contributed by atoms with Crippen molar-refractivity contribution in [3.05, 3.63) is 0 Å². The summed E-state index contributed by atoms with van der Waals surface area (Å²) in [5.41, 5.74) is 0. The molecule has 0 bridgehead atoms. The highest BCUT2D eigenvalue weighted by Gasteiger charge is 2.27. The Labute approximate surface area is 122 Å². The minimum Gasteiger partial charge on any atom is -0.383 e. The van der Waals surface area contributed by atoms with Gasteiger partial charge in [-0.05, 0) is 19.8 Å². The maximum absolute atomic E-state index is 12.3. The smallest absolute Gasteiger partial charge is 0.237 e. The van der Waals surface area contributed by atoms with Gasteiger partial charge in [0.15, 0.2) is 0 Å². The SMILES string of the molecule is COCCN1CCN(C(C)C(=O)NC2CCCC2)CC1. The van der Waals surface area contributed by atoms with Gasteiger partial charge in [0.1, 0.15) is 0 Å². The fraction of sp³-hybridized carbons (Fsp3) is 0.933. The molecule has 2 rings (SSSR count). The van der Waals surface area contributed by atoms with Crippen LogP contribution in [0.25, 0.3) is 0 Å². The van der Waals surface area contributed by atoms with Gasteiger partial charge in [-0.2, -0.15) is 0 Å². The van der Waals surface area contributed by atoms with Crippen molar-refractivity contribution in [2.24, 2.45) is 0 Å². The lowest BCUT2D eigenvalue weighted by atomic mass is 10.2. The molecule has 0 aromatic rings. The first-order valence-electron chi connectivity index (χ1n) is 7.96. The number of amides is 1. The molecule has 1 aliphatic heterocycles. The van der Waals surface area contributed by atoms with Crippen LogP contribution >= 0.6 is 0 Å². The number of methoxy groups -OCH3 is 1. The number of hydrogen-bond acceptors (Lipinski definition) is 4. The van der Waals surface area contributed by atoms with E-state index in [1.54, 1.807) is 7.11 Å². The van der Waals surface area contributed by atoms with Crippen LogP contribution in [0.3, 0.4) is 0 Å². The van der Waals surface area contributed by atoms with Crippen molar-refractivity contribution in [1.29, 1.82) is 0 Å². The zero-order chi connectivity index (χ0) is 14.4. The number of piperazine rings is 1. The molecule has 5 nitrogen and oxygen atoms in total. The van der Waals surface area contributed by atoms with Gasteiger partial charge in [0.2, 0.25) is 5.91 Å². The first-order chi connectivity index (χ1) is 9.70. The summed E-state index contributed by atoms with van der Waals surface area (Å²) in [6, 6.07) is 0.424. The molecule has 1 saturated carbocycles. The second-order valence-electron chi connectivity index (χ2n) is 6.04. The molecule has 5 heteroatoms. The van der Waals surface area contributed by atoms with Gasteiger partial charge in [0, 0.05) is 45.9 Å². The Morgan fingerprint density at radius 2 is 1.90 bits per heavy atom. The third-order valence-corrected chi connectivity index (χ3v) is 4.65. The van der Waals surface area contributed by atoms with E-state index >= 15 is 0 Å². The lowest BCUT2D eigenvalue weighted by molar-refractivity contribution is -0.127. The molecule has 1 heterocycles. The second kappa shape index (κ2) is 7.96. The Morgan fingerprint density at radius 1 is 1.25 bits per heavy atom. The van der Waals surface area contributed by atoms with Crippen molar-refractivity contribution in [3.63, 3.8) is 0 Å². The van der Waals surface area contributed by atoms with Gasteiger partial charge in [-0.1, -0.05) is 12.8 Å². The first kappa shape index (κ1) is 15.7. The fourth-order valence-electron chi connectivity index (χ4n) is 3.15. The molecule has 1 saturated heterocycles. The molecule has 2 fully saturated rings. The van der Waals surface area contributed by atoms with E-state index in [4.69, 9.17) is 4.74 Å². The number of ether oxygens (including phenoxy) is 1. The lowest BCUT2D eigenvalue weighted by Crippen LogP contribution is -2.55. The minimum absolute atomic E-state index is 0.000162. The molecule has 2 aliphatic rings. The Bertz CT molecular complexity index is 297. The molecule has 0 aromatic carbocycles. The van der Waals surface area contributed by atoms with E-state index in [0.29, 0.717) is 6.04 Å². The van der Waals surface area contributed by atoms with Crippen LogP contribution < -0.4 is 5.32 Å². The molecular weight excluding hydrogens is 254 g/mol. The zero-order valence-corrected chi connectivity index (χ0v) is 12.9. The fourth-order valence-corrected chi connectivity index (χ4v) is 3.15. The van der Waals surface area contributed by atoms with Gasteiger partial charge in [-0.25, -0.2) is 0 Å². The number of nitrogens with zero attached hydrogens (tertiary/aromatic N) is 2. The molecule has 0 aromatic heterocycles. The number of carbonyl (C=O) groups excluding carboxylic acids is 1. The maximum atomic E-state index is 12.3. The average Bonchev–Trinajstić information content (AvgIpc) is 2.97. The lowest BCUT2D eigenvalue weighted by Gasteiger charge is -2.37. The van der Waals surface area contributed by atoms with E-state index in [1.807, 2.05) is 6.92 Å². The highest BCUT2D eigenvalue weighted by Crippen LogP contribution is 2.18. The summed E-state index contributed by atoms with van der Waals surface area (Å²) in [6.45, 7) is 7.83. The van der Waals surface area contributed by atoms with Gasteiger partial charge >= 0.3 is 0 Å². The van der Waals surface area contributed by atoms with Gasteiger partial charge in [0.25, 0.3) is 0 Å². The Balaban J connectivity index is 1.70. The van der Waals surface area contributed by atoms with Crippen molar-refractivity contribution in [3.8, 4) is 0 Å². The molecule has 1 N–H and O–H groups in total. The number of nitrogens with one attached hydrogen (secondary N) is 1. The van der Waals surface area contributed by atoms with Crippen molar-refractivity contribution in [1.82, 2.24) is 15.1 Å². The quantitative estimate of drug-likeness (QED) is 0.779. The van der Waals surface area contributed by atoms with E-state index in [1.165, 1.54) is 12.8 Å². The number of rotatable bonds is 6. The van der Waals surface area contributed by atoms with Crippen LogP contribution in [0.2, 0.25) is 0 Å². The predicted octanol–water partition coefficient (Wildman–Crippen LogP) is 0.698. The summed E-state index contributed by atoms with van der Waals surface area (Å²) in [7, 11) is 1.74. The summed E-state index contributed by atoms with van der Waals surface area (Å²) >= 11 is 0. The van der Waals surface area contributed by atoms with E-state index in [-0.39, 0.29) is 11.9 Å². The maximum Gasteiger partial charge on any atom is 0.237 e. The van der Waals surface area contributed by atoms with E-state index < -0.39 is 0 Å². The van der Waals surface area contributed by atoms with Crippen molar-refractivity contribution in [2.75, 3.05) is 46.4 Å². The molecule has 0 radical (unpaired) electrons. The Hall–Kier alpha value is -0.650. The molecule has 0 spiro atoms. The molecular formula is C15H29N3O2. The molecule has 1 aliphatic carbocycles. The Morgan fingerprint density at radius 3 is 2.50 bits per heavy atom. The van der Waals surface area contributed by atoms with Crippen LogP contribution in [0, 0.1) is 0 Å². The van der Waals surface area contributed by atoms with Gasteiger partial charge in [-0.15, -0.1) is 0 Å². The van der Waals surface area contributed by atoms with Crippen molar-refractivity contribution in [2.45, 2.75) is 44.7 Å². The van der Waals surface area contributed by atoms with Crippen LogP contribution in [0.4, 0.5) is 0 Å². The summed E-state index contributed by atoms with van der Waals surface area (Å²) in [5, 5.41) is 3.21. The molecule has 116 valence electrons. The average molecular weight is 283 g/mol. The summed E-state index contributed by atoms with van der Waals surface area (Å²) < 4.78 is 5.11. The number of carbonyl (C=O) groups is 1. The molecule has 1 amide bonds. The largest absolute Gasteiger partial charge is 0.383 e. The van der Waals surface area contributed by atoms with Crippen LogP contribution in [-0.2, 0) is 9.53 Å². The van der Waals surface area contributed by atoms with Crippen molar-refractivity contribution < 1.29 is 9.53 Å². The number of hydrogen-bond donors (Lipinski definition) is 1. The topological polar surface area (TPSA) is 44.8 Å². The van der Waals surface area contributed by atoms with Gasteiger partial charge < -0.3 is 10.1 Å². The third kappa shape index (κ3) is 4.43. The van der Waals surface area contributed by atoms with E-state index in [0.717, 1.165) is 52.2 Å². The first-order valence-corrected chi connectivity index (χ1v) is 7.96. The van der Waals surface area contributed by atoms with Gasteiger partial charge in [0.05, 0.1) is 12.6 Å².